The predicted molar refractivity (Wildman–Crippen MR) is 98.5 cm³/mol. The summed E-state index contributed by atoms with van der Waals surface area (Å²) < 4.78 is 11.4. The molecule has 0 unspecified atom stereocenters. The topological polar surface area (TPSA) is 55.8 Å². The van der Waals surface area contributed by atoms with Crippen molar-refractivity contribution in [2.45, 2.75) is 39.9 Å². The van der Waals surface area contributed by atoms with Gasteiger partial charge in [0.05, 0.1) is 17.0 Å². The first kappa shape index (κ1) is 19.1. The maximum absolute atomic E-state index is 10.9. The van der Waals surface area contributed by atoms with Gasteiger partial charge in [0.15, 0.2) is 0 Å². The number of carbonyl (C=O) groups is 1. The molecule has 2 aromatic carbocycles. The largest absolute Gasteiger partial charge is 0.491 e. The van der Waals surface area contributed by atoms with Crippen molar-refractivity contribution in [3.8, 4) is 11.5 Å². The van der Waals surface area contributed by atoms with Crippen LogP contribution in [0.15, 0.2) is 42.5 Å². The lowest BCUT2D eigenvalue weighted by atomic mass is 10.0. The van der Waals surface area contributed by atoms with E-state index in [1.165, 1.54) is 0 Å². The number of hydrogen-bond acceptors (Lipinski definition) is 3. The Morgan fingerprint density at radius 2 is 1.72 bits per heavy atom. The Kier molecular flexibility index (Phi) is 6.71. The number of ether oxygens (including phenoxy) is 2. The summed E-state index contributed by atoms with van der Waals surface area (Å²) in [6.45, 7) is 6.04. The second-order valence-electron chi connectivity index (χ2n) is 6.31. The van der Waals surface area contributed by atoms with Crippen molar-refractivity contribution < 1.29 is 19.4 Å². The lowest BCUT2D eigenvalue weighted by Crippen LogP contribution is -2.12. The summed E-state index contributed by atoms with van der Waals surface area (Å²) in [5, 5.41) is 9.46. The highest BCUT2D eigenvalue weighted by Crippen LogP contribution is 2.27. The molecule has 4 nitrogen and oxygen atoms in total. The van der Waals surface area contributed by atoms with Crippen LogP contribution in [0.4, 0.5) is 0 Å². The number of rotatable bonds is 8. The molecule has 0 bridgehead atoms. The molecule has 0 spiro atoms. The Hall–Kier alpha value is -2.20. The molecule has 5 heteroatoms. The molecule has 0 aromatic heterocycles. The van der Waals surface area contributed by atoms with Gasteiger partial charge in [-0.05, 0) is 55.7 Å². The van der Waals surface area contributed by atoms with Crippen molar-refractivity contribution in [1.82, 2.24) is 0 Å². The van der Waals surface area contributed by atoms with E-state index in [1.54, 1.807) is 19.1 Å². The van der Waals surface area contributed by atoms with Gasteiger partial charge < -0.3 is 14.6 Å². The van der Waals surface area contributed by atoms with Crippen molar-refractivity contribution in [3.05, 3.63) is 58.6 Å². The monoisotopic (exact) mass is 362 g/mol. The van der Waals surface area contributed by atoms with Crippen LogP contribution in [0.2, 0.25) is 5.02 Å². The minimum Gasteiger partial charge on any atom is -0.491 e. The Morgan fingerprint density at radius 3 is 2.28 bits per heavy atom. The molecule has 0 saturated carbocycles. The molecule has 0 aliphatic heterocycles. The number of carboxylic acid groups (broad SMARTS) is 1. The summed E-state index contributed by atoms with van der Waals surface area (Å²) in [5.41, 5.74) is 1.89. The van der Waals surface area contributed by atoms with Gasteiger partial charge in [-0.25, -0.2) is 0 Å². The zero-order valence-electron chi connectivity index (χ0n) is 14.7. The number of carboxylic acids is 1. The van der Waals surface area contributed by atoms with Gasteiger partial charge in [-0.2, -0.15) is 0 Å². The van der Waals surface area contributed by atoms with Crippen molar-refractivity contribution >= 4 is 17.6 Å². The first-order chi connectivity index (χ1) is 11.8. The first-order valence-electron chi connectivity index (χ1n) is 8.24. The zero-order chi connectivity index (χ0) is 18.4. The summed E-state index contributed by atoms with van der Waals surface area (Å²) in [6.07, 6.45) is 0.579. The van der Waals surface area contributed by atoms with Crippen molar-refractivity contribution in [1.29, 1.82) is 0 Å². The molecule has 2 aromatic rings. The standard InChI is InChI=1S/C20H23ClO4/c1-13(2)25-17-7-4-15(5-8-17)12-24-19-9-6-16(11-18(19)21)10-14(3)20(22)23/h4-9,11,13-14H,10,12H2,1-3H3,(H,22,23)/t14-/m1/s1. The van der Waals surface area contributed by atoms with E-state index >= 15 is 0 Å². The highest BCUT2D eigenvalue weighted by Gasteiger charge is 2.13. The van der Waals surface area contributed by atoms with Crippen molar-refractivity contribution in [2.24, 2.45) is 5.92 Å². The maximum Gasteiger partial charge on any atom is 0.306 e. The van der Waals surface area contributed by atoms with Gasteiger partial charge in [-0.1, -0.05) is 36.7 Å². The molecule has 0 aliphatic carbocycles. The van der Waals surface area contributed by atoms with Gasteiger partial charge in [-0.3, -0.25) is 4.79 Å². The van der Waals surface area contributed by atoms with Crippen LogP contribution < -0.4 is 9.47 Å². The number of hydrogen-bond donors (Lipinski definition) is 1. The number of benzene rings is 2. The third kappa shape index (κ3) is 5.98. The van der Waals surface area contributed by atoms with E-state index in [4.69, 9.17) is 26.2 Å². The van der Waals surface area contributed by atoms with E-state index in [0.717, 1.165) is 16.9 Å². The van der Waals surface area contributed by atoms with E-state index in [2.05, 4.69) is 0 Å². The van der Waals surface area contributed by atoms with E-state index in [-0.39, 0.29) is 6.10 Å². The SMILES string of the molecule is CC(C)Oc1ccc(COc2ccc(C[C@@H](C)C(=O)O)cc2Cl)cc1. The van der Waals surface area contributed by atoms with Gasteiger partial charge in [0.1, 0.15) is 18.1 Å². The molecular weight excluding hydrogens is 340 g/mol. The summed E-state index contributed by atoms with van der Waals surface area (Å²) >= 11 is 6.25. The molecule has 1 N–H and O–H groups in total. The Bertz CT molecular complexity index is 710. The zero-order valence-corrected chi connectivity index (χ0v) is 15.4. The Labute approximate surface area is 153 Å². The van der Waals surface area contributed by atoms with Gasteiger partial charge in [-0.15, -0.1) is 0 Å². The third-order valence-electron chi connectivity index (χ3n) is 3.65. The van der Waals surface area contributed by atoms with Crippen molar-refractivity contribution in [3.63, 3.8) is 0 Å². The van der Waals surface area contributed by atoms with Crippen LogP contribution in [0, 0.1) is 5.92 Å². The fraction of sp³-hybridized carbons (Fsp3) is 0.350. The molecule has 2 rings (SSSR count). The number of aliphatic carboxylic acids is 1. The summed E-state index contributed by atoms with van der Waals surface area (Å²) in [7, 11) is 0. The highest BCUT2D eigenvalue weighted by atomic mass is 35.5. The molecule has 134 valence electrons. The Balaban J connectivity index is 1.95. The lowest BCUT2D eigenvalue weighted by molar-refractivity contribution is -0.141. The summed E-state index contributed by atoms with van der Waals surface area (Å²) in [5.74, 6) is 0.139. The Morgan fingerprint density at radius 1 is 1.08 bits per heavy atom. The van der Waals surface area contributed by atoms with Crippen LogP contribution in [0.1, 0.15) is 31.9 Å². The van der Waals surface area contributed by atoms with Crippen molar-refractivity contribution in [2.75, 3.05) is 0 Å². The normalized spacial score (nSPS) is 12.0. The van der Waals surface area contributed by atoms with E-state index in [9.17, 15) is 4.79 Å². The molecule has 25 heavy (non-hydrogen) atoms. The second kappa shape index (κ2) is 8.77. The smallest absolute Gasteiger partial charge is 0.306 e. The fourth-order valence-electron chi connectivity index (χ4n) is 2.33. The second-order valence-corrected chi connectivity index (χ2v) is 6.71. The lowest BCUT2D eigenvalue weighted by Gasteiger charge is -2.12. The van der Waals surface area contributed by atoms with Crippen LogP contribution in [-0.4, -0.2) is 17.2 Å². The average molecular weight is 363 g/mol. The van der Waals surface area contributed by atoms with Crippen LogP contribution in [0.25, 0.3) is 0 Å². The molecule has 0 fully saturated rings. The molecule has 0 radical (unpaired) electrons. The fourth-order valence-corrected chi connectivity index (χ4v) is 2.58. The maximum atomic E-state index is 10.9. The minimum atomic E-state index is -0.818. The quantitative estimate of drug-likeness (QED) is 0.720. The predicted octanol–water partition coefficient (Wildman–Crippen LogP) is 4.97. The molecular formula is C20H23ClO4. The molecule has 0 heterocycles. The van der Waals surface area contributed by atoms with Gasteiger partial charge in [0, 0.05) is 0 Å². The summed E-state index contributed by atoms with van der Waals surface area (Å²) in [4.78, 5) is 10.9. The molecule has 0 saturated heterocycles. The first-order valence-corrected chi connectivity index (χ1v) is 8.62. The van der Waals surface area contributed by atoms with E-state index < -0.39 is 11.9 Å². The van der Waals surface area contributed by atoms with Gasteiger partial charge in [0.2, 0.25) is 0 Å². The average Bonchev–Trinajstić information content (AvgIpc) is 2.55. The molecule has 0 aliphatic rings. The van der Waals surface area contributed by atoms with E-state index in [0.29, 0.717) is 23.8 Å². The van der Waals surface area contributed by atoms with Crippen LogP contribution in [-0.2, 0) is 17.8 Å². The van der Waals surface area contributed by atoms with Crippen LogP contribution >= 0.6 is 11.6 Å². The van der Waals surface area contributed by atoms with Crippen LogP contribution in [0.3, 0.4) is 0 Å². The minimum absolute atomic E-state index is 0.142. The van der Waals surface area contributed by atoms with Gasteiger partial charge >= 0.3 is 5.97 Å². The molecule has 1 atom stereocenters. The van der Waals surface area contributed by atoms with E-state index in [1.807, 2.05) is 44.2 Å². The highest BCUT2D eigenvalue weighted by molar-refractivity contribution is 6.32. The van der Waals surface area contributed by atoms with Crippen LogP contribution in [0.5, 0.6) is 11.5 Å². The van der Waals surface area contributed by atoms with Gasteiger partial charge in [0.25, 0.3) is 0 Å². The third-order valence-corrected chi connectivity index (χ3v) is 3.94. The molecule has 0 amide bonds. The summed E-state index contributed by atoms with van der Waals surface area (Å²) in [6, 6.07) is 13.1. The number of halogens is 1.